The van der Waals surface area contributed by atoms with Gasteiger partial charge in [0.15, 0.2) is 5.82 Å². The van der Waals surface area contributed by atoms with E-state index in [-0.39, 0.29) is 5.56 Å². The van der Waals surface area contributed by atoms with Crippen LogP contribution in [0.5, 0.6) is 0 Å². The summed E-state index contributed by atoms with van der Waals surface area (Å²) in [5.41, 5.74) is 1.82. The van der Waals surface area contributed by atoms with E-state index < -0.39 is 17.6 Å². The summed E-state index contributed by atoms with van der Waals surface area (Å²) in [5.74, 6) is 1.30. The first-order chi connectivity index (χ1) is 19.2. The number of halogens is 3. The van der Waals surface area contributed by atoms with Crippen LogP contribution in [0, 0.1) is 6.92 Å². The third-order valence-electron chi connectivity index (χ3n) is 6.33. The summed E-state index contributed by atoms with van der Waals surface area (Å²) < 4.78 is 41.0. The summed E-state index contributed by atoms with van der Waals surface area (Å²) in [6, 6.07) is 13.7. The maximum atomic E-state index is 13.1. The van der Waals surface area contributed by atoms with E-state index in [0.717, 1.165) is 48.6 Å². The summed E-state index contributed by atoms with van der Waals surface area (Å²) in [4.78, 5) is 21.5. The predicted molar refractivity (Wildman–Crippen MR) is 147 cm³/mol. The Labute approximate surface area is 229 Å². The lowest BCUT2D eigenvalue weighted by Crippen LogP contribution is -2.14. The zero-order valence-electron chi connectivity index (χ0n) is 22.0. The Morgan fingerprint density at radius 3 is 2.65 bits per heavy atom. The molecule has 0 atom stereocenters. The quantitative estimate of drug-likeness (QED) is 0.202. The molecule has 0 aliphatic heterocycles. The van der Waals surface area contributed by atoms with Crippen LogP contribution in [0.15, 0.2) is 60.9 Å². The van der Waals surface area contributed by atoms with Gasteiger partial charge in [0.1, 0.15) is 18.0 Å². The fourth-order valence-corrected chi connectivity index (χ4v) is 4.02. The Morgan fingerprint density at radius 2 is 1.90 bits per heavy atom. The molecule has 4 aromatic rings. The van der Waals surface area contributed by atoms with Crippen molar-refractivity contribution < 1.29 is 18.0 Å². The van der Waals surface area contributed by atoms with Crippen LogP contribution in [0.2, 0.25) is 0 Å². The van der Waals surface area contributed by atoms with Crippen LogP contribution >= 0.6 is 0 Å². The van der Waals surface area contributed by atoms with Gasteiger partial charge in [0.05, 0.1) is 11.3 Å². The molecule has 4 N–H and O–H groups in total. The van der Waals surface area contributed by atoms with E-state index in [1.54, 1.807) is 16.8 Å². The van der Waals surface area contributed by atoms with Crippen molar-refractivity contribution in [2.75, 3.05) is 22.5 Å². The smallest absolute Gasteiger partial charge is 0.367 e. The highest BCUT2D eigenvalue weighted by atomic mass is 19.4. The number of rotatable bonds is 10. The third-order valence-corrected chi connectivity index (χ3v) is 6.33. The highest BCUT2D eigenvalue weighted by Crippen LogP contribution is 2.31. The van der Waals surface area contributed by atoms with Crippen LogP contribution < -0.4 is 21.3 Å². The highest BCUT2D eigenvalue weighted by molar-refractivity contribution is 6.04. The molecule has 12 heteroatoms. The average Bonchev–Trinajstić information content (AvgIpc) is 3.66. The zero-order chi connectivity index (χ0) is 28.3. The van der Waals surface area contributed by atoms with Gasteiger partial charge >= 0.3 is 6.18 Å². The van der Waals surface area contributed by atoms with Crippen LogP contribution in [0.1, 0.15) is 46.9 Å². The topological polar surface area (TPSA) is 109 Å². The second kappa shape index (κ2) is 11.3. The van der Waals surface area contributed by atoms with E-state index in [0.29, 0.717) is 35.6 Å². The molecular formula is C28H29F3N8O. The average molecular weight is 551 g/mol. The number of nitrogens with zero attached hydrogens (tertiary/aromatic N) is 4. The molecule has 40 heavy (non-hydrogen) atoms. The molecule has 5 rings (SSSR count). The molecule has 9 nitrogen and oxygen atoms in total. The van der Waals surface area contributed by atoms with Gasteiger partial charge in [-0.25, -0.2) is 9.97 Å². The lowest BCUT2D eigenvalue weighted by Gasteiger charge is -2.14. The number of benzene rings is 2. The molecule has 0 unspecified atom stereocenters. The first-order valence-electron chi connectivity index (χ1n) is 12.9. The Balaban J connectivity index is 1.40. The van der Waals surface area contributed by atoms with Gasteiger partial charge in [-0.1, -0.05) is 19.1 Å². The number of hydrogen-bond acceptors (Lipinski definition) is 7. The number of aromatic nitrogens is 4. The molecule has 0 bridgehead atoms. The molecule has 1 aliphatic rings. The molecule has 208 valence electrons. The number of amides is 1. The van der Waals surface area contributed by atoms with E-state index in [1.165, 1.54) is 18.5 Å². The van der Waals surface area contributed by atoms with Crippen LogP contribution in [-0.2, 0) is 12.7 Å². The van der Waals surface area contributed by atoms with Crippen molar-refractivity contribution >= 4 is 28.9 Å². The summed E-state index contributed by atoms with van der Waals surface area (Å²) in [7, 11) is 0. The first-order valence-corrected chi connectivity index (χ1v) is 12.9. The number of carbonyl (C=O) groups is 1. The molecule has 0 saturated heterocycles. The van der Waals surface area contributed by atoms with Crippen molar-refractivity contribution in [2.24, 2.45) is 0 Å². The molecule has 0 spiro atoms. The summed E-state index contributed by atoms with van der Waals surface area (Å²) in [6.07, 6.45) is -0.823. The van der Waals surface area contributed by atoms with Crippen LogP contribution in [0.4, 0.5) is 36.2 Å². The van der Waals surface area contributed by atoms with E-state index >= 15 is 0 Å². The monoisotopic (exact) mass is 550 g/mol. The molecule has 1 saturated carbocycles. The van der Waals surface area contributed by atoms with Crippen LogP contribution in [-0.4, -0.2) is 38.2 Å². The Bertz CT molecular complexity index is 1510. The highest BCUT2D eigenvalue weighted by Gasteiger charge is 2.31. The van der Waals surface area contributed by atoms with E-state index in [9.17, 15) is 18.0 Å². The second-order valence-corrected chi connectivity index (χ2v) is 9.58. The minimum absolute atomic E-state index is 0.0876. The largest absolute Gasteiger partial charge is 0.416 e. The molecule has 2 aromatic heterocycles. The van der Waals surface area contributed by atoms with Crippen molar-refractivity contribution in [1.82, 2.24) is 25.1 Å². The molecule has 1 amide bonds. The normalized spacial score (nSPS) is 13.2. The maximum Gasteiger partial charge on any atom is 0.416 e. The van der Waals surface area contributed by atoms with E-state index in [1.807, 2.05) is 32.0 Å². The van der Waals surface area contributed by atoms with E-state index in [2.05, 4.69) is 31.2 Å². The number of hydrogen-bond donors (Lipinski definition) is 4. The molecule has 1 aliphatic carbocycles. The number of carbonyl (C=O) groups excluding carboxylic acids is 1. The fraction of sp³-hybridized carbons (Fsp3) is 0.286. The van der Waals surface area contributed by atoms with Crippen LogP contribution in [0.25, 0.3) is 5.82 Å². The SMILES string of the molecule is CCNCc1cc(Nc2cc(NC(=O)c3cccc(C(F)(F)F)c3)ccc2C)n(-c2cc(NC3CC3)ncn2)n1. The Hall–Kier alpha value is -4.45. The van der Waals surface area contributed by atoms with Crippen molar-refractivity contribution in [3.63, 3.8) is 0 Å². The van der Waals surface area contributed by atoms with Crippen molar-refractivity contribution in [3.05, 3.63) is 83.3 Å². The molecule has 1 fully saturated rings. The Morgan fingerprint density at radius 1 is 1.07 bits per heavy atom. The van der Waals surface area contributed by atoms with Gasteiger partial charge in [0.25, 0.3) is 5.91 Å². The molecule has 2 aromatic carbocycles. The molecule has 0 radical (unpaired) electrons. The van der Waals surface area contributed by atoms with Gasteiger partial charge < -0.3 is 21.3 Å². The second-order valence-electron chi connectivity index (χ2n) is 9.58. The van der Waals surface area contributed by atoms with Gasteiger partial charge in [-0.2, -0.15) is 23.0 Å². The lowest BCUT2D eigenvalue weighted by molar-refractivity contribution is -0.137. The summed E-state index contributed by atoms with van der Waals surface area (Å²) in [5, 5.41) is 17.4. The first kappa shape index (κ1) is 27.1. The van der Waals surface area contributed by atoms with Crippen molar-refractivity contribution in [3.8, 4) is 5.82 Å². The number of alkyl halides is 3. The number of aryl methyl sites for hydroxylation is 1. The van der Waals surface area contributed by atoms with Crippen molar-refractivity contribution in [2.45, 2.75) is 45.5 Å². The van der Waals surface area contributed by atoms with Crippen LogP contribution in [0.3, 0.4) is 0 Å². The predicted octanol–water partition coefficient (Wildman–Crippen LogP) is 5.67. The van der Waals surface area contributed by atoms with Gasteiger partial charge in [0.2, 0.25) is 0 Å². The number of nitrogens with one attached hydrogen (secondary N) is 4. The zero-order valence-corrected chi connectivity index (χ0v) is 22.0. The van der Waals surface area contributed by atoms with Gasteiger partial charge in [-0.05, 0) is 62.2 Å². The van der Waals surface area contributed by atoms with E-state index in [4.69, 9.17) is 5.10 Å². The summed E-state index contributed by atoms with van der Waals surface area (Å²) in [6.45, 7) is 5.26. The third kappa shape index (κ3) is 6.57. The molecular weight excluding hydrogens is 521 g/mol. The maximum absolute atomic E-state index is 13.1. The fourth-order valence-electron chi connectivity index (χ4n) is 4.02. The number of anilines is 4. The minimum Gasteiger partial charge on any atom is -0.367 e. The lowest BCUT2D eigenvalue weighted by atomic mass is 10.1. The molecule has 2 heterocycles. The minimum atomic E-state index is -4.54. The standard InChI is InChI=1S/C28H29F3N8O/c1-3-32-15-22-13-26(39(38-22)25-14-24(33-16-34-25)35-20-9-10-20)37-23-12-21(8-7-17(23)2)36-27(40)18-5-4-6-19(11-18)28(29,30)31/h4-8,11-14,16,20,32,37H,3,9-10,15H2,1-2H3,(H,36,40)(H,33,34,35). The summed E-state index contributed by atoms with van der Waals surface area (Å²) >= 11 is 0. The Kier molecular flexibility index (Phi) is 7.69. The van der Waals surface area contributed by atoms with Gasteiger partial charge in [0, 0.05) is 41.7 Å². The van der Waals surface area contributed by atoms with Gasteiger partial charge in [-0.3, -0.25) is 4.79 Å². The van der Waals surface area contributed by atoms with Gasteiger partial charge in [-0.15, -0.1) is 0 Å². The van der Waals surface area contributed by atoms with Crippen molar-refractivity contribution in [1.29, 1.82) is 0 Å².